The number of aromatic nitrogens is 1. The number of hydrogen-bond acceptors (Lipinski definition) is 3. The lowest BCUT2D eigenvalue weighted by atomic mass is 10.3. The van der Waals surface area contributed by atoms with E-state index in [2.05, 4.69) is 26.2 Å². The molecule has 5 heteroatoms. The Bertz CT molecular complexity index is 307. The van der Waals surface area contributed by atoms with Crippen molar-refractivity contribution in [3.8, 4) is 0 Å². The van der Waals surface area contributed by atoms with Gasteiger partial charge in [0, 0.05) is 17.2 Å². The molecule has 0 aliphatic carbocycles. The van der Waals surface area contributed by atoms with Gasteiger partial charge in [-0.3, -0.25) is 0 Å². The van der Waals surface area contributed by atoms with Gasteiger partial charge in [0.05, 0.1) is 6.10 Å². The van der Waals surface area contributed by atoms with Crippen LogP contribution in [0, 0.1) is 5.82 Å². The van der Waals surface area contributed by atoms with E-state index in [0.29, 0.717) is 17.4 Å². The summed E-state index contributed by atoms with van der Waals surface area (Å²) in [6, 6.07) is 1.34. The summed E-state index contributed by atoms with van der Waals surface area (Å²) < 4.78 is 13.8. The fraction of sp³-hybridized carbons (Fsp3) is 0.444. The van der Waals surface area contributed by atoms with E-state index in [9.17, 15) is 4.39 Å². The lowest BCUT2D eigenvalue weighted by molar-refractivity contribution is 0.188. The maximum atomic E-state index is 13.2. The largest absolute Gasteiger partial charge is 0.393 e. The molecule has 0 amide bonds. The van der Waals surface area contributed by atoms with E-state index in [1.807, 2.05) is 0 Å². The summed E-state index contributed by atoms with van der Waals surface area (Å²) >= 11 is 3.12. The monoisotopic (exact) mass is 262 g/mol. The van der Waals surface area contributed by atoms with Gasteiger partial charge >= 0.3 is 0 Å². The van der Waals surface area contributed by atoms with Gasteiger partial charge in [-0.2, -0.15) is 0 Å². The topological polar surface area (TPSA) is 45.1 Å². The molecule has 3 nitrogen and oxygen atoms in total. The summed E-state index contributed by atoms with van der Waals surface area (Å²) in [5.74, 6) is -0.182. The van der Waals surface area contributed by atoms with Crippen molar-refractivity contribution >= 4 is 21.7 Å². The molecule has 2 N–H and O–H groups in total. The standard InChI is InChI=1S/C9H12BrFN2O/c1-6(14)2-3-12-9-8(11)4-7(10)5-13-9/h4-6,14H,2-3H2,1H3,(H,12,13)/t6-/m1/s1. The maximum Gasteiger partial charge on any atom is 0.166 e. The second kappa shape index (κ2) is 5.26. The summed E-state index contributed by atoms with van der Waals surface area (Å²) in [6.07, 6.45) is 1.70. The van der Waals surface area contributed by atoms with E-state index in [1.54, 1.807) is 6.92 Å². The van der Waals surface area contributed by atoms with Crippen molar-refractivity contribution in [2.75, 3.05) is 11.9 Å². The molecule has 0 aliphatic rings. The number of nitrogens with zero attached hydrogens (tertiary/aromatic N) is 1. The lowest BCUT2D eigenvalue weighted by Crippen LogP contribution is -2.11. The fourth-order valence-electron chi connectivity index (χ4n) is 0.944. The summed E-state index contributed by atoms with van der Waals surface area (Å²) in [7, 11) is 0. The average Bonchev–Trinajstić information content (AvgIpc) is 2.08. The Morgan fingerprint density at radius 1 is 1.71 bits per heavy atom. The van der Waals surface area contributed by atoms with Gasteiger partial charge in [-0.1, -0.05) is 0 Å². The van der Waals surface area contributed by atoms with E-state index in [4.69, 9.17) is 5.11 Å². The van der Waals surface area contributed by atoms with E-state index in [1.165, 1.54) is 12.3 Å². The molecule has 14 heavy (non-hydrogen) atoms. The molecule has 1 heterocycles. The second-order valence-corrected chi connectivity index (χ2v) is 3.96. The van der Waals surface area contributed by atoms with Crippen LogP contribution in [0.4, 0.5) is 10.2 Å². The molecule has 0 fully saturated rings. The first-order valence-corrected chi connectivity index (χ1v) is 5.12. The zero-order valence-corrected chi connectivity index (χ0v) is 9.38. The number of aliphatic hydroxyl groups is 1. The van der Waals surface area contributed by atoms with Crippen molar-refractivity contribution in [1.82, 2.24) is 4.98 Å². The van der Waals surface area contributed by atoms with E-state index in [-0.39, 0.29) is 11.9 Å². The highest BCUT2D eigenvalue weighted by Crippen LogP contribution is 2.15. The Hall–Kier alpha value is -0.680. The molecule has 0 saturated carbocycles. The first-order chi connectivity index (χ1) is 6.59. The average molecular weight is 263 g/mol. The van der Waals surface area contributed by atoms with Crippen molar-refractivity contribution in [3.63, 3.8) is 0 Å². The second-order valence-electron chi connectivity index (χ2n) is 3.05. The molecule has 78 valence electrons. The molecule has 0 aromatic carbocycles. The lowest BCUT2D eigenvalue weighted by Gasteiger charge is -2.07. The van der Waals surface area contributed by atoms with Crippen LogP contribution in [0.25, 0.3) is 0 Å². The van der Waals surface area contributed by atoms with E-state index >= 15 is 0 Å². The molecule has 0 bridgehead atoms. The van der Waals surface area contributed by atoms with E-state index < -0.39 is 5.82 Å². The predicted molar refractivity (Wildman–Crippen MR) is 56.7 cm³/mol. The molecule has 1 atom stereocenters. The van der Waals surface area contributed by atoms with Crippen molar-refractivity contribution < 1.29 is 9.50 Å². The molecule has 1 aromatic heterocycles. The van der Waals surface area contributed by atoms with Crippen molar-refractivity contribution in [2.45, 2.75) is 19.4 Å². The number of nitrogens with one attached hydrogen (secondary N) is 1. The fourth-order valence-corrected chi connectivity index (χ4v) is 1.25. The molecule has 0 spiro atoms. The highest BCUT2D eigenvalue weighted by Gasteiger charge is 2.03. The quantitative estimate of drug-likeness (QED) is 0.875. The van der Waals surface area contributed by atoms with Crippen LogP contribution in [0.5, 0.6) is 0 Å². The Kier molecular flexibility index (Phi) is 4.28. The Morgan fingerprint density at radius 2 is 2.43 bits per heavy atom. The number of halogens is 2. The van der Waals surface area contributed by atoms with Crippen LogP contribution in [-0.2, 0) is 0 Å². The number of hydrogen-bond donors (Lipinski definition) is 2. The SMILES string of the molecule is C[C@@H](O)CCNc1ncc(Br)cc1F. The van der Waals surface area contributed by atoms with Crippen LogP contribution in [0.1, 0.15) is 13.3 Å². The first kappa shape index (κ1) is 11.4. The van der Waals surface area contributed by atoms with Crippen LogP contribution in [-0.4, -0.2) is 22.7 Å². The summed E-state index contributed by atoms with van der Waals surface area (Å²) in [5.41, 5.74) is 0. The normalized spacial score (nSPS) is 12.6. The highest BCUT2D eigenvalue weighted by atomic mass is 79.9. The summed E-state index contributed by atoms with van der Waals surface area (Å²) in [5, 5.41) is 11.8. The number of pyridine rings is 1. The van der Waals surface area contributed by atoms with Crippen LogP contribution in [0.2, 0.25) is 0 Å². The molecule has 0 unspecified atom stereocenters. The Morgan fingerprint density at radius 3 is 3.00 bits per heavy atom. The third-order valence-electron chi connectivity index (χ3n) is 1.66. The van der Waals surface area contributed by atoms with Gasteiger partial charge in [0.15, 0.2) is 11.6 Å². The minimum atomic E-state index is -0.398. The molecule has 0 aliphatic heterocycles. The molecule has 1 rings (SSSR count). The Labute approximate surface area is 90.5 Å². The van der Waals surface area contributed by atoms with Gasteiger partial charge in [0.25, 0.3) is 0 Å². The molecule has 1 aromatic rings. The number of anilines is 1. The number of rotatable bonds is 4. The van der Waals surface area contributed by atoms with Gasteiger partial charge in [-0.05, 0) is 35.3 Å². The third kappa shape index (κ3) is 3.59. The van der Waals surface area contributed by atoms with Gasteiger partial charge in [0.1, 0.15) is 0 Å². The van der Waals surface area contributed by atoms with Gasteiger partial charge < -0.3 is 10.4 Å². The smallest absolute Gasteiger partial charge is 0.166 e. The van der Waals surface area contributed by atoms with Crippen LogP contribution >= 0.6 is 15.9 Å². The van der Waals surface area contributed by atoms with E-state index in [0.717, 1.165) is 0 Å². The Balaban J connectivity index is 2.51. The van der Waals surface area contributed by atoms with Crippen molar-refractivity contribution in [1.29, 1.82) is 0 Å². The minimum Gasteiger partial charge on any atom is -0.393 e. The van der Waals surface area contributed by atoms with Gasteiger partial charge in [-0.25, -0.2) is 9.37 Å². The van der Waals surface area contributed by atoms with Crippen molar-refractivity contribution in [3.05, 3.63) is 22.6 Å². The highest BCUT2D eigenvalue weighted by molar-refractivity contribution is 9.10. The summed E-state index contributed by atoms with van der Waals surface area (Å²) in [4.78, 5) is 3.86. The van der Waals surface area contributed by atoms with Crippen molar-refractivity contribution in [2.24, 2.45) is 0 Å². The van der Waals surface area contributed by atoms with Crippen LogP contribution in [0.3, 0.4) is 0 Å². The minimum absolute atomic E-state index is 0.217. The first-order valence-electron chi connectivity index (χ1n) is 4.32. The number of aliphatic hydroxyl groups excluding tert-OH is 1. The maximum absolute atomic E-state index is 13.2. The molecule has 0 saturated heterocycles. The zero-order valence-electron chi connectivity index (χ0n) is 7.80. The van der Waals surface area contributed by atoms with Crippen LogP contribution in [0.15, 0.2) is 16.7 Å². The molecule has 0 radical (unpaired) electrons. The zero-order chi connectivity index (χ0) is 10.6. The predicted octanol–water partition coefficient (Wildman–Crippen LogP) is 2.17. The van der Waals surface area contributed by atoms with Crippen LogP contribution < -0.4 is 5.32 Å². The molecular formula is C9H12BrFN2O. The van der Waals surface area contributed by atoms with Gasteiger partial charge in [0.2, 0.25) is 0 Å². The van der Waals surface area contributed by atoms with Gasteiger partial charge in [-0.15, -0.1) is 0 Å². The molecular weight excluding hydrogens is 251 g/mol. The third-order valence-corrected chi connectivity index (χ3v) is 2.10. The summed E-state index contributed by atoms with van der Waals surface area (Å²) in [6.45, 7) is 2.19.